The van der Waals surface area contributed by atoms with Crippen LogP contribution in [0.25, 0.3) is 0 Å². The first-order valence-corrected chi connectivity index (χ1v) is 7.32. The second kappa shape index (κ2) is 5.63. The van der Waals surface area contributed by atoms with Crippen molar-refractivity contribution in [2.24, 2.45) is 0 Å². The third-order valence-corrected chi connectivity index (χ3v) is 4.34. The maximum absolute atomic E-state index is 12.7. The predicted octanol–water partition coefficient (Wildman–Crippen LogP) is 1.32. The number of carbonyl (C=O) groups excluding carboxylic acids is 1. The number of alkyl halides is 3. The molecule has 0 unspecified atom stereocenters. The van der Waals surface area contributed by atoms with E-state index < -0.39 is 17.5 Å². The molecule has 126 valence electrons. The Hall–Kier alpha value is -1.90. The van der Waals surface area contributed by atoms with Gasteiger partial charge in [0.25, 0.3) is 0 Å². The average Bonchev–Trinajstić information content (AvgIpc) is 2.52. The van der Waals surface area contributed by atoms with Crippen molar-refractivity contribution in [3.8, 4) is 0 Å². The minimum atomic E-state index is -4.48. The van der Waals surface area contributed by atoms with Gasteiger partial charge in [0.05, 0.1) is 5.60 Å². The fraction of sp³-hybridized carbons (Fsp3) is 0.643. The van der Waals surface area contributed by atoms with E-state index in [-0.39, 0.29) is 18.5 Å². The van der Waals surface area contributed by atoms with Crippen LogP contribution in [-0.4, -0.2) is 59.7 Å². The molecular weight excluding hydrogens is 313 g/mol. The summed E-state index contributed by atoms with van der Waals surface area (Å²) in [5.74, 6) is 0.0224. The Bertz CT molecular complexity index is 600. The average molecular weight is 330 g/mol. The molecule has 1 amide bonds. The van der Waals surface area contributed by atoms with Gasteiger partial charge in [-0.15, -0.1) is 0 Å². The lowest BCUT2D eigenvalue weighted by atomic mass is 9.89. The van der Waals surface area contributed by atoms with Crippen molar-refractivity contribution in [2.45, 2.75) is 24.6 Å². The van der Waals surface area contributed by atoms with Crippen molar-refractivity contribution in [1.29, 1.82) is 0 Å². The topological polar surface area (TPSA) is 58.6 Å². The second-order valence-corrected chi connectivity index (χ2v) is 5.95. The monoisotopic (exact) mass is 330 g/mol. The van der Waals surface area contributed by atoms with Crippen molar-refractivity contribution in [3.05, 3.63) is 18.0 Å². The summed E-state index contributed by atoms with van der Waals surface area (Å²) in [4.78, 5) is 22.4. The summed E-state index contributed by atoms with van der Waals surface area (Å²) >= 11 is 0. The molecule has 0 atom stereocenters. The number of aromatic nitrogens is 2. The molecule has 0 aliphatic carbocycles. The van der Waals surface area contributed by atoms with Gasteiger partial charge in [0, 0.05) is 32.9 Å². The summed E-state index contributed by atoms with van der Waals surface area (Å²) < 4.78 is 43.9. The van der Waals surface area contributed by atoms with Gasteiger partial charge < -0.3 is 14.5 Å². The molecule has 6 nitrogen and oxygen atoms in total. The summed E-state index contributed by atoms with van der Waals surface area (Å²) in [5.41, 5.74) is -1.36. The molecule has 1 aromatic heterocycles. The zero-order valence-electron chi connectivity index (χ0n) is 12.6. The zero-order chi connectivity index (χ0) is 16.7. The molecule has 0 aromatic carbocycles. The maximum Gasteiger partial charge on any atom is 0.433 e. The summed E-state index contributed by atoms with van der Waals surface area (Å²) in [5, 5.41) is 0. The number of halogens is 3. The Balaban J connectivity index is 1.69. The van der Waals surface area contributed by atoms with Gasteiger partial charge in [-0.25, -0.2) is 9.97 Å². The number of nitrogens with zero attached hydrogens (tertiary/aromatic N) is 4. The fourth-order valence-electron chi connectivity index (χ4n) is 2.97. The molecule has 2 fully saturated rings. The molecule has 0 saturated carbocycles. The smallest absolute Gasteiger partial charge is 0.363 e. The van der Waals surface area contributed by atoms with Crippen LogP contribution in [0, 0.1) is 0 Å². The van der Waals surface area contributed by atoms with Crippen LogP contribution in [-0.2, 0) is 15.7 Å². The first-order valence-electron chi connectivity index (χ1n) is 7.32. The van der Waals surface area contributed by atoms with E-state index in [1.165, 1.54) is 0 Å². The van der Waals surface area contributed by atoms with Crippen LogP contribution in [0.3, 0.4) is 0 Å². The van der Waals surface area contributed by atoms with E-state index in [9.17, 15) is 18.0 Å². The predicted molar refractivity (Wildman–Crippen MR) is 74.8 cm³/mol. The van der Waals surface area contributed by atoms with Gasteiger partial charge in [-0.1, -0.05) is 0 Å². The lowest BCUT2D eigenvalue weighted by Crippen LogP contribution is -2.57. The van der Waals surface area contributed by atoms with Crippen LogP contribution < -0.4 is 4.90 Å². The number of anilines is 1. The molecule has 0 radical (unpaired) electrons. The number of hydrogen-bond acceptors (Lipinski definition) is 5. The number of ether oxygens (including phenoxy) is 1. The quantitative estimate of drug-likeness (QED) is 0.777. The summed E-state index contributed by atoms with van der Waals surface area (Å²) in [6.07, 6.45) is -2.13. The van der Waals surface area contributed by atoms with E-state index >= 15 is 0 Å². The van der Waals surface area contributed by atoms with Crippen molar-refractivity contribution in [2.75, 3.05) is 38.2 Å². The summed E-state index contributed by atoms with van der Waals surface area (Å²) in [6.45, 7) is 1.53. The van der Waals surface area contributed by atoms with Gasteiger partial charge in [-0.05, 0) is 18.9 Å². The lowest BCUT2D eigenvalue weighted by Gasteiger charge is -2.46. The SMILES string of the molecule is CN1CC2(CCN(c3nccc(C(F)(F)F)n3)CC2)OCC1=O. The maximum atomic E-state index is 12.7. The molecular formula is C14H17F3N4O2. The highest BCUT2D eigenvalue weighted by Gasteiger charge is 2.42. The van der Waals surface area contributed by atoms with E-state index in [1.807, 2.05) is 0 Å². The summed E-state index contributed by atoms with van der Waals surface area (Å²) in [6, 6.07) is 0.861. The minimum absolute atomic E-state index is 0.0521. The Morgan fingerprint density at radius 3 is 2.61 bits per heavy atom. The molecule has 9 heteroatoms. The van der Waals surface area contributed by atoms with E-state index in [0.29, 0.717) is 32.5 Å². The highest BCUT2D eigenvalue weighted by atomic mass is 19.4. The van der Waals surface area contributed by atoms with Gasteiger partial charge in [0.1, 0.15) is 12.3 Å². The van der Waals surface area contributed by atoms with Crippen molar-refractivity contribution >= 4 is 11.9 Å². The van der Waals surface area contributed by atoms with E-state index in [0.717, 1.165) is 12.3 Å². The highest BCUT2D eigenvalue weighted by Crippen LogP contribution is 2.32. The normalized spacial score (nSPS) is 21.8. The number of hydrogen-bond donors (Lipinski definition) is 0. The number of rotatable bonds is 1. The number of likely N-dealkylation sites (N-methyl/N-ethyl adjacent to an activating group) is 1. The first-order chi connectivity index (χ1) is 10.8. The minimum Gasteiger partial charge on any atom is -0.363 e. The highest BCUT2D eigenvalue weighted by molar-refractivity contribution is 5.78. The summed E-state index contributed by atoms with van der Waals surface area (Å²) in [7, 11) is 1.73. The standard InChI is InChI=1S/C14H17F3N4O2/c1-20-9-13(23-8-11(20)22)3-6-21(7-4-13)12-18-5-2-10(19-12)14(15,16)17/h2,5H,3-4,6-9H2,1H3. The molecule has 1 spiro atoms. The molecule has 1 aromatic rings. The molecule has 0 bridgehead atoms. The van der Waals surface area contributed by atoms with Crippen LogP contribution in [0.4, 0.5) is 19.1 Å². The number of amides is 1. The van der Waals surface area contributed by atoms with E-state index in [2.05, 4.69) is 9.97 Å². The third kappa shape index (κ3) is 3.24. The lowest BCUT2D eigenvalue weighted by molar-refractivity contribution is -0.164. The van der Waals surface area contributed by atoms with Crippen LogP contribution in [0.1, 0.15) is 18.5 Å². The number of morpholine rings is 1. The Kier molecular flexibility index (Phi) is 3.91. The van der Waals surface area contributed by atoms with Crippen molar-refractivity contribution in [1.82, 2.24) is 14.9 Å². The van der Waals surface area contributed by atoms with Gasteiger partial charge in [0.2, 0.25) is 11.9 Å². The zero-order valence-corrected chi connectivity index (χ0v) is 12.6. The Morgan fingerprint density at radius 1 is 1.30 bits per heavy atom. The van der Waals surface area contributed by atoms with Crippen LogP contribution in [0.2, 0.25) is 0 Å². The molecule has 2 aliphatic rings. The van der Waals surface area contributed by atoms with Gasteiger partial charge in [-0.2, -0.15) is 13.2 Å². The molecule has 2 saturated heterocycles. The largest absolute Gasteiger partial charge is 0.433 e. The van der Waals surface area contributed by atoms with Crippen LogP contribution in [0.5, 0.6) is 0 Å². The van der Waals surface area contributed by atoms with Gasteiger partial charge in [0.15, 0.2) is 0 Å². The first kappa shape index (κ1) is 16.0. The van der Waals surface area contributed by atoms with Crippen LogP contribution >= 0.6 is 0 Å². The molecule has 3 heterocycles. The molecule has 0 N–H and O–H groups in total. The molecule has 23 heavy (non-hydrogen) atoms. The Morgan fingerprint density at radius 2 is 2.00 bits per heavy atom. The Labute approximate surface area is 131 Å². The molecule has 2 aliphatic heterocycles. The third-order valence-electron chi connectivity index (χ3n) is 4.34. The van der Waals surface area contributed by atoms with E-state index in [1.54, 1.807) is 16.8 Å². The fourth-order valence-corrected chi connectivity index (χ4v) is 2.97. The van der Waals surface area contributed by atoms with Crippen molar-refractivity contribution in [3.63, 3.8) is 0 Å². The van der Waals surface area contributed by atoms with E-state index in [4.69, 9.17) is 4.74 Å². The molecule has 3 rings (SSSR count). The van der Waals surface area contributed by atoms with Gasteiger partial charge in [-0.3, -0.25) is 4.79 Å². The van der Waals surface area contributed by atoms with Crippen LogP contribution in [0.15, 0.2) is 12.3 Å². The second-order valence-electron chi connectivity index (χ2n) is 5.95. The van der Waals surface area contributed by atoms with Gasteiger partial charge >= 0.3 is 6.18 Å². The number of carbonyl (C=O) groups is 1. The van der Waals surface area contributed by atoms with Crippen molar-refractivity contribution < 1.29 is 22.7 Å². The number of piperidine rings is 1.